The van der Waals surface area contributed by atoms with E-state index in [0.29, 0.717) is 5.56 Å². The third kappa shape index (κ3) is 8.10. The third-order valence-electron chi connectivity index (χ3n) is 3.15. The average Bonchev–Trinajstić information content (AvgIpc) is 2.41. The van der Waals surface area contributed by atoms with E-state index in [1.54, 1.807) is 51.1 Å². The molecule has 0 fully saturated rings. The van der Waals surface area contributed by atoms with Gasteiger partial charge in [0, 0.05) is 6.42 Å². The zero-order valence-electron chi connectivity index (χ0n) is 14.2. The van der Waals surface area contributed by atoms with Crippen LogP contribution in [0, 0.1) is 5.92 Å². The number of esters is 1. The number of carboxylic acid groups (broad SMARTS) is 1. The van der Waals surface area contributed by atoms with E-state index >= 15 is 0 Å². The molecule has 0 aliphatic heterocycles. The normalized spacial score (nSPS) is 13.3. The highest BCUT2D eigenvalue weighted by Crippen LogP contribution is 2.16. The Morgan fingerprint density at radius 3 is 2.25 bits per heavy atom. The number of hydrogen-bond donors (Lipinski definition) is 1. The van der Waals surface area contributed by atoms with Crippen molar-refractivity contribution >= 4 is 21.8 Å². The van der Waals surface area contributed by atoms with Crippen molar-refractivity contribution in [2.24, 2.45) is 5.92 Å². The van der Waals surface area contributed by atoms with E-state index in [1.807, 2.05) is 0 Å². The Balaban J connectivity index is 2.65. The van der Waals surface area contributed by atoms with Gasteiger partial charge < -0.3 is 9.84 Å². The maximum absolute atomic E-state index is 12.2. The van der Waals surface area contributed by atoms with Gasteiger partial charge >= 0.3 is 11.9 Å². The molecule has 0 heterocycles. The molecule has 0 aliphatic carbocycles. The van der Waals surface area contributed by atoms with Gasteiger partial charge in [0.15, 0.2) is 9.84 Å². The van der Waals surface area contributed by atoms with Crippen molar-refractivity contribution in [3.05, 3.63) is 35.9 Å². The lowest BCUT2D eigenvalue weighted by Crippen LogP contribution is -2.28. The molecule has 1 aromatic rings. The van der Waals surface area contributed by atoms with Crippen molar-refractivity contribution < 1.29 is 27.9 Å². The molecule has 0 spiro atoms. The molecular weight excluding hydrogens is 332 g/mol. The number of carbonyl (C=O) groups excluding carboxylic acids is 1. The highest BCUT2D eigenvalue weighted by Gasteiger charge is 2.27. The van der Waals surface area contributed by atoms with Crippen LogP contribution in [0.2, 0.25) is 0 Å². The van der Waals surface area contributed by atoms with Gasteiger partial charge in [0.1, 0.15) is 5.60 Å². The number of ether oxygens (including phenoxy) is 1. The van der Waals surface area contributed by atoms with E-state index in [9.17, 15) is 23.1 Å². The third-order valence-corrected chi connectivity index (χ3v) is 4.83. The molecule has 0 saturated carbocycles. The van der Waals surface area contributed by atoms with Crippen molar-refractivity contribution in [1.82, 2.24) is 0 Å². The molecule has 1 atom stereocenters. The van der Waals surface area contributed by atoms with Gasteiger partial charge in [-0.25, -0.2) is 8.42 Å². The number of aliphatic carboxylic acids is 1. The maximum Gasteiger partial charge on any atom is 0.307 e. The minimum absolute atomic E-state index is 0.0712. The lowest BCUT2D eigenvalue weighted by atomic mass is 10.1. The molecular formula is C17H24O6S. The average molecular weight is 356 g/mol. The maximum atomic E-state index is 12.2. The van der Waals surface area contributed by atoms with Crippen LogP contribution in [0.25, 0.3) is 0 Å². The minimum atomic E-state index is -3.59. The number of carboxylic acids is 1. The number of sulfone groups is 1. The number of hydrogen-bond acceptors (Lipinski definition) is 5. The fraction of sp³-hybridized carbons (Fsp3) is 0.529. The topological polar surface area (TPSA) is 97.7 Å². The van der Waals surface area contributed by atoms with Crippen molar-refractivity contribution in [3.8, 4) is 0 Å². The quantitative estimate of drug-likeness (QED) is 0.718. The van der Waals surface area contributed by atoms with Gasteiger partial charge in [-0.15, -0.1) is 0 Å². The molecule has 0 aliphatic rings. The van der Waals surface area contributed by atoms with Gasteiger partial charge in [-0.1, -0.05) is 30.3 Å². The summed E-state index contributed by atoms with van der Waals surface area (Å²) in [7, 11) is -3.59. The molecule has 134 valence electrons. The van der Waals surface area contributed by atoms with Crippen LogP contribution < -0.4 is 0 Å². The Bertz CT molecular complexity index is 658. The van der Waals surface area contributed by atoms with Crippen LogP contribution in [-0.4, -0.2) is 36.8 Å². The van der Waals surface area contributed by atoms with Crippen molar-refractivity contribution in [2.45, 2.75) is 45.0 Å². The zero-order valence-corrected chi connectivity index (χ0v) is 15.0. The first-order chi connectivity index (χ1) is 11.0. The Kier molecular flexibility index (Phi) is 6.95. The van der Waals surface area contributed by atoms with Gasteiger partial charge in [-0.2, -0.15) is 0 Å². The molecule has 0 radical (unpaired) electrons. The van der Waals surface area contributed by atoms with Crippen LogP contribution in [0.1, 0.15) is 39.2 Å². The number of carbonyl (C=O) groups is 2. The highest BCUT2D eigenvalue weighted by atomic mass is 32.2. The van der Waals surface area contributed by atoms with Crippen molar-refractivity contribution in [1.29, 1.82) is 0 Å². The summed E-state index contributed by atoms with van der Waals surface area (Å²) in [5.74, 6) is -3.61. The van der Waals surface area contributed by atoms with Gasteiger partial charge in [0.05, 0.1) is 17.4 Å². The van der Waals surface area contributed by atoms with Gasteiger partial charge in [-0.05, 0) is 32.8 Å². The molecule has 0 amide bonds. The van der Waals surface area contributed by atoms with Crippen LogP contribution in [0.15, 0.2) is 30.3 Å². The summed E-state index contributed by atoms with van der Waals surface area (Å²) in [6.07, 6.45) is -0.201. The van der Waals surface area contributed by atoms with Crippen LogP contribution >= 0.6 is 0 Å². The molecule has 24 heavy (non-hydrogen) atoms. The van der Waals surface area contributed by atoms with E-state index in [2.05, 4.69) is 0 Å². The summed E-state index contributed by atoms with van der Waals surface area (Å²) in [5.41, 5.74) is -0.0522. The van der Waals surface area contributed by atoms with E-state index in [1.165, 1.54) is 0 Å². The predicted octanol–water partition coefficient (Wildman–Crippen LogP) is 2.42. The molecule has 0 aromatic heterocycles. The molecule has 0 bridgehead atoms. The number of benzene rings is 1. The summed E-state index contributed by atoms with van der Waals surface area (Å²) in [6.45, 7) is 5.14. The smallest absolute Gasteiger partial charge is 0.307 e. The molecule has 0 saturated heterocycles. The summed E-state index contributed by atoms with van der Waals surface area (Å²) in [4.78, 5) is 23.0. The second kappa shape index (κ2) is 8.28. The van der Waals surface area contributed by atoms with Crippen LogP contribution in [0.4, 0.5) is 0 Å². The molecule has 0 unspecified atom stereocenters. The summed E-state index contributed by atoms with van der Waals surface area (Å²) < 4.78 is 29.5. The first-order valence-corrected chi connectivity index (χ1v) is 9.50. The molecule has 1 N–H and O–H groups in total. The van der Waals surface area contributed by atoms with Crippen molar-refractivity contribution in [2.75, 3.05) is 5.75 Å². The first-order valence-electron chi connectivity index (χ1n) is 7.67. The van der Waals surface area contributed by atoms with Gasteiger partial charge in [-0.3, -0.25) is 9.59 Å². The zero-order chi connectivity index (χ0) is 18.4. The number of rotatable bonds is 8. The Morgan fingerprint density at radius 1 is 1.17 bits per heavy atom. The highest BCUT2D eigenvalue weighted by molar-refractivity contribution is 7.90. The Hall–Kier alpha value is -1.89. The Morgan fingerprint density at radius 2 is 1.75 bits per heavy atom. The van der Waals surface area contributed by atoms with Crippen molar-refractivity contribution in [3.63, 3.8) is 0 Å². The lowest BCUT2D eigenvalue weighted by molar-refractivity contribution is -0.155. The lowest BCUT2D eigenvalue weighted by Gasteiger charge is -2.20. The fourth-order valence-corrected chi connectivity index (χ4v) is 3.90. The van der Waals surface area contributed by atoms with E-state index < -0.39 is 39.0 Å². The van der Waals surface area contributed by atoms with Crippen LogP contribution in [0.5, 0.6) is 0 Å². The van der Waals surface area contributed by atoms with E-state index in [0.717, 1.165) is 0 Å². The second-order valence-corrected chi connectivity index (χ2v) is 8.81. The fourth-order valence-electron chi connectivity index (χ4n) is 2.16. The van der Waals surface area contributed by atoms with Gasteiger partial charge in [0.2, 0.25) is 0 Å². The van der Waals surface area contributed by atoms with E-state index in [4.69, 9.17) is 4.74 Å². The standard InChI is InChI=1S/C17H24O6S/c1-17(2,3)23-15(18)10-9-14(16(19)20)12-24(21,22)11-13-7-5-4-6-8-13/h4-8,14H,9-12H2,1-3H3,(H,19,20)/t14-/m0/s1. The summed E-state index contributed by atoms with van der Waals surface area (Å²) in [6, 6.07) is 8.57. The van der Waals surface area contributed by atoms with Gasteiger partial charge in [0.25, 0.3) is 0 Å². The summed E-state index contributed by atoms with van der Waals surface area (Å²) in [5, 5.41) is 9.23. The Labute approximate surface area is 142 Å². The largest absolute Gasteiger partial charge is 0.481 e. The molecule has 6 nitrogen and oxygen atoms in total. The first kappa shape index (κ1) is 20.2. The van der Waals surface area contributed by atoms with E-state index in [-0.39, 0.29) is 18.6 Å². The molecule has 1 aromatic carbocycles. The molecule has 1 rings (SSSR count). The molecule has 7 heteroatoms. The monoisotopic (exact) mass is 356 g/mol. The van der Waals surface area contributed by atoms with Crippen LogP contribution in [0.3, 0.4) is 0 Å². The summed E-state index contributed by atoms with van der Waals surface area (Å²) >= 11 is 0. The van der Waals surface area contributed by atoms with Crippen LogP contribution in [-0.2, 0) is 29.9 Å². The second-order valence-electron chi connectivity index (χ2n) is 6.70. The SMILES string of the molecule is CC(C)(C)OC(=O)CC[C@@H](CS(=O)(=O)Cc1ccccc1)C(=O)O. The minimum Gasteiger partial charge on any atom is -0.481 e. The predicted molar refractivity (Wildman–Crippen MR) is 90.1 cm³/mol.